The number of hydrogen-bond donors (Lipinski definition) is 2. The number of hydrogen-bond acceptors (Lipinski definition) is 6. The zero-order valence-electron chi connectivity index (χ0n) is 19.3. The number of nitrogens with zero attached hydrogens (tertiary/aromatic N) is 4. The molecule has 1 saturated heterocycles. The monoisotopic (exact) mass is 468 g/mol. The minimum Gasteiger partial charge on any atom is -0.385 e. The molecule has 1 saturated carbocycles. The van der Waals surface area contributed by atoms with Gasteiger partial charge in [-0.1, -0.05) is 6.42 Å². The first-order valence-corrected chi connectivity index (χ1v) is 11.9. The molecule has 180 valence electrons. The Balaban J connectivity index is 1.24. The molecule has 0 radical (unpaired) electrons. The lowest BCUT2D eigenvalue weighted by Gasteiger charge is -2.35. The van der Waals surface area contributed by atoms with Crippen LogP contribution in [0.1, 0.15) is 24.8 Å². The fourth-order valence-electron chi connectivity index (χ4n) is 5.10. The quantitative estimate of drug-likeness (QED) is 0.532. The molecule has 2 aliphatic rings. The van der Waals surface area contributed by atoms with E-state index in [1.807, 2.05) is 19.1 Å². The summed E-state index contributed by atoms with van der Waals surface area (Å²) in [7, 11) is 0. The summed E-state index contributed by atoms with van der Waals surface area (Å²) in [6.45, 7) is 6.71. The number of nitrogens with one attached hydrogen (secondary N) is 2. The summed E-state index contributed by atoms with van der Waals surface area (Å²) in [5.74, 6) is -0.344. The molecule has 0 bridgehead atoms. The molecule has 9 heteroatoms. The molecule has 2 heterocycles. The zero-order valence-corrected chi connectivity index (χ0v) is 19.3. The first kappa shape index (κ1) is 22.7. The van der Waals surface area contributed by atoms with Crippen molar-refractivity contribution < 1.29 is 13.5 Å². The molecule has 7 nitrogen and oxygen atoms in total. The van der Waals surface area contributed by atoms with Crippen LogP contribution in [-0.2, 0) is 4.74 Å². The van der Waals surface area contributed by atoms with Gasteiger partial charge in [-0.2, -0.15) is 4.98 Å². The van der Waals surface area contributed by atoms with E-state index in [-0.39, 0.29) is 5.69 Å². The van der Waals surface area contributed by atoms with E-state index >= 15 is 0 Å². The third-order valence-corrected chi connectivity index (χ3v) is 6.64. The van der Waals surface area contributed by atoms with E-state index in [1.165, 1.54) is 42.4 Å². The summed E-state index contributed by atoms with van der Waals surface area (Å²) in [5.41, 5.74) is 3.27. The summed E-state index contributed by atoms with van der Waals surface area (Å²) >= 11 is 0. The predicted octanol–water partition coefficient (Wildman–Crippen LogP) is 4.51. The molecule has 2 aromatic carbocycles. The van der Waals surface area contributed by atoms with Gasteiger partial charge >= 0.3 is 0 Å². The van der Waals surface area contributed by atoms with Crippen LogP contribution in [0.25, 0.3) is 5.69 Å². The van der Waals surface area contributed by atoms with Gasteiger partial charge in [0.2, 0.25) is 5.95 Å². The second kappa shape index (κ2) is 10.1. The van der Waals surface area contributed by atoms with Crippen LogP contribution in [0.5, 0.6) is 0 Å². The topological polar surface area (TPSA) is 67.2 Å². The smallest absolute Gasteiger partial charge is 0.246 e. The van der Waals surface area contributed by atoms with E-state index in [2.05, 4.69) is 31.7 Å². The van der Waals surface area contributed by atoms with E-state index < -0.39 is 11.6 Å². The van der Waals surface area contributed by atoms with Crippen molar-refractivity contribution in [1.82, 2.24) is 19.7 Å². The number of halogens is 2. The van der Waals surface area contributed by atoms with Crippen LogP contribution in [0.2, 0.25) is 0 Å². The average molecular weight is 469 g/mol. The summed E-state index contributed by atoms with van der Waals surface area (Å²) in [5, 5.41) is 11.2. The lowest BCUT2D eigenvalue weighted by atomic mass is 10.0. The molecule has 2 fully saturated rings. The molecule has 1 aromatic heterocycles. The van der Waals surface area contributed by atoms with Gasteiger partial charge in [0.15, 0.2) is 0 Å². The molecule has 5 rings (SSSR count). The largest absolute Gasteiger partial charge is 0.385 e. The van der Waals surface area contributed by atoms with Gasteiger partial charge < -0.3 is 15.4 Å². The summed E-state index contributed by atoms with van der Waals surface area (Å²) < 4.78 is 33.9. The summed E-state index contributed by atoms with van der Waals surface area (Å²) in [6.07, 6.45) is 5.21. The Labute approximate surface area is 198 Å². The van der Waals surface area contributed by atoms with Gasteiger partial charge in [0.05, 0.1) is 18.9 Å². The van der Waals surface area contributed by atoms with Gasteiger partial charge in [-0.05, 0) is 61.6 Å². The Morgan fingerprint density at radius 1 is 1.00 bits per heavy atom. The van der Waals surface area contributed by atoms with Crippen molar-refractivity contribution in [3.05, 3.63) is 59.9 Å². The third-order valence-electron chi connectivity index (χ3n) is 6.64. The summed E-state index contributed by atoms with van der Waals surface area (Å²) in [4.78, 5) is 6.83. The van der Waals surface area contributed by atoms with Gasteiger partial charge in [-0.15, -0.1) is 5.10 Å². The van der Waals surface area contributed by atoms with Crippen molar-refractivity contribution in [2.45, 2.75) is 32.2 Å². The molecule has 0 spiro atoms. The van der Waals surface area contributed by atoms with Gasteiger partial charge in [0, 0.05) is 43.1 Å². The lowest BCUT2D eigenvalue weighted by molar-refractivity contribution is 0.00939. The number of aryl methyl sites for hydroxylation is 1. The van der Waals surface area contributed by atoms with E-state index in [0.717, 1.165) is 55.9 Å². The Bertz CT molecular complexity index is 1110. The highest BCUT2D eigenvalue weighted by atomic mass is 19.1. The van der Waals surface area contributed by atoms with Crippen molar-refractivity contribution in [2.75, 3.05) is 43.5 Å². The van der Waals surface area contributed by atoms with Crippen LogP contribution in [0.3, 0.4) is 0 Å². The molecule has 1 aliphatic heterocycles. The molecule has 3 aromatic rings. The maximum atomic E-state index is 13.5. The van der Waals surface area contributed by atoms with Crippen LogP contribution in [0.4, 0.5) is 26.1 Å². The molecule has 0 amide bonds. The number of aromatic nitrogens is 3. The maximum absolute atomic E-state index is 13.5. The minimum absolute atomic E-state index is 0.274. The van der Waals surface area contributed by atoms with E-state index in [1.54, 1.807) is 0 Å². The fraction of sp³-hybridized carbons (Fsp3) is 0.440. The van der Waals surface area contributed by atoms with Crippen LogP contribution < -0.4 is 10.6 Å². The SMILES string of the molecule is Cc1cc(NCC2CCCC2N2CCOCC2)cc(Nc2ncn(-c3cc(F)cc(F)c3)n2)c1. The molecule has 2 unspecified atom stereocenters. The second-order valence-corrected chi connectivity index (χ2v) is 9.14. The minimum atomic E-state index is -0.660. The van der Waals surface area contributed by atoms with Gasteiger partial charge in [-0.3, -0.25) is 4.90 Å². The van der Waals surface area contributed by atoms with Crippen molar-refractivity contribution in [3.63, 3.8) is 0 Å². The van der Waals surface area contributed by atoms with Crippen molar-refractivity contribution >= 4 is 17.3 Å². The molecular weight excluding hydrogens is 438 g/mol. The first-order valence-electron chi connectivity index (χ1n) is 11.9. The van der Waals surface area contributed by atoms with Crippen molar-refractivity contribution in [2.24, 2.45) is 5.92 Å². The highest BCUT2D eigenvalue weighted by Crippen LogP contribution is 2.31. The van der Waals surface area contributed by atoms with Crippen LogP contribution >= 0.6 is 0 Å². The molecule has 1 aliphatic carbocycles. The highest BCUT2D eigenvalue weighted by molar-refractivity contribution is 5.63. The van der Waals surface area contributed by atoms with E-state index in [0.29, 0.717) is 17.9 Å². The normalized spacial score (nSPS) is 21.0. The van der Waals surface area contributed by atoms with Crippen LogP contribution in [0.15, 0.2) is 42.7 Å². The Kier molecular flexibility index (Phi) is 6.73. The highest BCUT2D eigenvalue weighted by Gasteiger charge is 2.32. The van der Waals surface area contributed by atoms with E-state index in [4.69, 9.17) is 4.74 Å². The number of anilines is 3. The Hall–Kier alpha value is -3.04. The lowest BCUT2D eigenvalue weighted by Crippen LogP contribution is -2.46. The first-order chi connectivity index (χ1) is 16.5. The number of ether oxygens (including phenoxy) is 1. The van der Waals surface area contributed by atoms with Gasteiger partial charge in [0.25, 0.3) is 0 Å². The van der Waals surface area contributed by atoms with Crippen LogP contribution in [-0.4, -0.2) is 58.6 Å². The standard InChI is InChI=1S/C25H30F2N6O/c1-17-9-21(28-15-18-3-2-4-24(18)32-5-7-34-8-6-32)14-22(10-17)30-25-29-16-33(31-25)23-12-19(26)11-20(27)13-23/h9-14,16,18,24,28H,2-8,15H2,1H3,(H,30,31). The van der Waals surface area contributed by atoms with E-state index in [9.17, 15) is 8.78 Å². The molecule has 2 atom stereocenters. The predicted molar refractivity (Wildman–Crippen MR) is 128 cm³/mol. The van der Waals surface area contributed by atoms with Gasteiger partial charge in [0.1, 0.15) is 18.0 Å². The zero-order chi connectivity index (χ0) is 23.5. The molecular formula is C25H30F2N6O. The number of rotatable bonds is 7. The number of benzene rings is 2. The second-order valence-electron chi connectivity index (χ2n) is 9.14. The van der Waals surface area contributed by atoms with Crippen molar-refractivity contribution in [1.29, 1.82) is 0 Å². The third kappa shape index (κ3) is 5.37. The molecule has 2 N–H and O–H groups in total. The Morgan fingerprint density at radius 2 is 1.76 bits per heavy atom. The van der Waals surface area contributed by atoms with Crippen LogP contribution in [0, 0.1) is 24.5 Å². The van der Waals surface area contributed by atoms with Crippen molar-refractivity contribution in [3.8, 4) is 5.69 Å². The summed E-state index contributed by atoms with van der Waals surface area (Å²) in [6, 6.07) is 10.1. The molecule has 34 heavy (non-hydrogen) atoms. The number of morpholine rings is 1. The van der Waals surface area contributed by atoms with Gasteiger partial charge in [-0.25, -0.2) is 13.5 Å². The Morgan fingerprint density at radius 3 is 2.56 bits per heavy atom. The fourth-order valence-corrected chi connectivity index (χ4v) is 5.10. The average Bonchev–Trinajstić information content (AvgIpc) is 3.47. The maximum Gasteiger partial charge on any atom is 0.246 e.